The molecule has 0 rings (SSSR count). The van der Waals surface area contributed by atoms with Crippen molar-refractivity contribution in [3.05, 3.63) is 0 Å². The number of hydrogen-bond donors (Lipinski definition) is 3. The summed E-state index contributed by atoms with van der Waals surface area (Å²) >= 11 is 0. The molecule has 5 nitrogen and oxygen atoms in total. The molecule has 0 saturated heterocycles. The van der Waals surface area contributed by atoms with Gasteiger partial charge in [-0.25, -0.2) is 4.79 Å². The lowest BCUT2D eigenvalue weighted by atomic mass is 9.99. The predicted octanol–water partition coefficient (Wildman–Crippen LogP) is 0.788. The van der Waals surface area contributed by atoms with E-state index in [1.54, 1.807) is 0 Å². The lowest BCUT2D eigenvalue weighted by Gasteiger charge is -2.24. The van der Waals surface area contributed by atoms with Crippen LogP contribution >= 0.6 is 0 Å². The average molecular weight is 204 g/mol. The number of nitrogens with one attached hydrogen (secondary N) is 1. The van der Waals surface area contributed by atoms with Crippen LogP contribution in [0.4, 0.5) is 4.79 Å². The molecule has 0 aliphatic rings. The molecule has 1 amide bonds. The average Bonchev–Trinajstić information content (AvgIpc) is 2.01. The summed E-state index contributed by atoms with van der Waals surface area (Å²) in [6.45, 7) is 5.42. The minimum atomic E-state index is -0.988. The van der Waals surface area contributed by atoms with Gasteiger partial charge in [0.05, 0.1) is 6.61 Å². The third-order valence-corrected chi connectivity index (χ3v) is 1.80. The molecule has 0 aromatic heterocycles. The normalized spacial score (nSPS) is 11.4. The number of rotatable bonds is 7. The van der Waals surface area contributed by atoms with E-state index in [1.165, 1.54) is 0 Å². The van der Waals surface area contributed by atoms with Gasteiger partial charge in [-0.2, -0.15) is 0 Å². The fourth-order valence-electron chi connectivity index (χ4n) is 1.15. The van der Waals surface area contributed by atoms with Crippen LogP contribution in [0.2, 0.25) is 0 Å². The van der Waals surface area contributed by atoms with Crippen LogP contribution in [0, 0.1) is 0 Å². The van der Waals surface area contributed by atoms with Gasteiger partial charge in [-0.1, -0.05) is 0 Å². The number of amides is 1. The van der Waals surface area contributed by atoms with Crippen molar-refractivity contribution in [1.82, 2.24) is 5.32 Å². The first kappa shape index (κ1) is 13.2. The van der Waals surface area contributed by atoms with Crippen LogP contribution in [0.3, 0.4) is 0 Å². The van der Waals surface area contributed by atoms with Crippen LogP contribution in [0.15, 0.2) is 0 Å². The van der Waals surface area contributed by atoms with Crippen LogP contribution in [-0.4, -0.2) is 36.5 Å². The molecule has 0 aliphatic heterocycles. The van der Waals surface area contributed by atoms with Gasteiger partial charge in [-0.05, 0) is 26.7 Å². The highest BCUT2D eigenvalue weighted by atomic mass is 16.5. The molecule has 0 bridgehead atoms. The first-order valence-electron chi connectivity index (χ1n) is 4.77. The molecule has 0 atom stereocenters. The third-order valence-electron chi connectivity index (χ3n) is 1.80. The molecule has 0 fully saturated rings. The Bertz CT molecular complexity index is 171. The molecule has 0 unspecified atom stereocenters. The highest BCUT2D eigenvalue weighted by Crippen LogP contribution is 2.10. The topological polar surface area (TPSA) is 84.6 Å². The number of hydrogen-bond acceptors (Lipinski definition) is 3. The molecular weight excluding hydrogens is 184 g/mol. The maximum absolute atomic E-state index is 10.4. The maximum Gasteiger partial charge on any atom is 0.405 e. The van der Waals surface area contributed by atoms with Gasteiger partial charge >= 0.3 is 6.09 Å². The first-order valence-corrected chi connectivity index (χ1v) is 4.77. The van der Waals surface area contributed by atoms with E-state index in [0.29, 0.717) is 19.8 Å². The van der Waals surface area contributed by atoms with Gasteiger partial charge in [-0.3, -0.25) is 0 Å². The van der Waals surface area contributed by atoms with Gasteiger partial charge in [0.15, 0.2) is 0 Å². The standard InChI is InChI=1S/C9H20N2O3/c1-9(2,11-8(12)13)4-3-6-14-7-5-10/h11H,3-7,10H2,1-2H3,(H,12,13). The fourth-order valence-corrected chi connectivity index (χ4v) is 1.15. The van der Waals surface area contributed by atoms with Gasteiger partial charge in [0.2, 0.25) is 0 Å². The Hall–Kier alpha value is -0.810. The summed E-state index contributed by atoms with van der Waals surface area (Å²) in [5.74, 6) is 0. The Balaban J connectivity index is 3.50. The second-order valence-electron chi connectivity index (χ2n) is 3.82. The molecule has 0 saturated carbocycles. The molecule has 14 heavy (non-hydrogen) atoms. The predicted molar refractivity (Wildman–Crippen MR) is 54.3 cm³/mol. The van der Waals surface area contributed by atoms with Gasteiger partial charge in [0, 0.05) is 18.7 Å². The Labute approximate surface area is 84.6 Å². The fraction of sp³-hybridized carbons (Fsp3) is 0.889. The maximum atomic E-state index is 10.4. The molecule has 4 N–H and O–H groups in total. The molecule has 0 aromatic rings. The van der Waals surface area contributed by atoms with Crippen molar-refractivity contribution >= 4 is 6.09 Å². The smallest absolute Gasteiger partial charge is 0.405 e. The van der Waals surface area contributed by atoms with Crippen LogP contribution in [0.1, 0.15) is 26.7 Å². The lowest BCUT2D eigenvalue weighted by Crippen LogP contribution is -2.42. The van der Waals surface area contributed by atoms with Gasteiger partial charge in [-0.15, -0.1) is 0 Å². The van der Waals surface area contributed by atoms with Crippen molar-refractivity contribution in [3.8, 4) is 0 Å². The second kappa shape index (κ2) is 6.62. The zero-order valence-electron chi connectivity index (χ0n) is 8.88. The van der Waals surface area contributed by atoms with Gasteiger partial charge in [0.25, 0.3) is 0 Å². The summed E-state index contributed by atoms with van der Waals surface area (Å²) in [7, 11) is 0. The highest BCUT2D eigenvalue weighted by molar-refractivity contribution is 5.65. The van der Waals surface area contributed by atoms with Crippen molar-refractivity contribution in [2.45, 2.75) is 32.2 Å². The van der Waals surface area contributed by atoms with E-state index < -0.39 is 11.6 Å². The second-order valence-corrected chi connectivity index (χ2v) is 3.82. The summed E-state index contributed by atoms with van der Waals surface area (Å²) in [6.07, 6.45) is 0.592. The lowest BCUT2D eigenvalue weighted by molar-refractivity contribution is 0.129. The van der Waals surface area contributed by atoms with Crippen LogP contribution in [0.5, 0.6) is 0 Å². The Morgan fingerprint density at radius 1 is 1.50 bits per heavy atom. The zero-order valence-corrected chi connectivity index (χ0v) is 8.88. The highest BCUT2D eigenvalue weighted by Gasteiger charge is 2.18. The SMILES string of the molecule is CC(C)(CCCOCCN)NC(=O)O. The van der Waals surface area contributed by atoms with E-state index in [9.17, 15) is 4.79 Å². The van der Waals surface area contributed by atoms with Crippen LogP contribution in [0.25, 0.3) is 0 Å². The third kappa shape index (κ3) is 7.82. The Morgan fingerprint density at radius 3 is 2.64 bits per heavy atom. The summed E-state index contributed by atoms with van der Waals surface area (Å²) in [5.41, 5.74) is 4.86. The molecule has 0 aromatic carbocycles. The number of carboxylic acid groups (broad SMARTS) is 1. The van der Waals surface area contributed by atoms with Crippen molar-refractivity contribution in [3.63, 3.8) is 0 Å². The van der Waals surface area contributed by atoms with Gasteiger partial charge < -0.3 is 20.9 Å². The summed E-state index contributed by atoms with van der Waals surface area (Å²) in [6, 6.07) is 0. The van der Waals surface area contributed by atoms with E-state index in [1.807, 2.05) is 13.8 Å². The molecule has 84 valence electrons. The van der Waals surface area contributed by atoms with E-state index in [2.05, 4.69) is 5.32 Å². The molecule has 0 aliphatic carbocycles. The minimum Gasteiger partial charge on any atom is -0.465 e. The summed E-state index contributed by atoms with van der Waals surface area (Å²) in [4.78, 5) is 10.4. The molecule has 0 heterocycles. The quantitative estimate of drug-likeness (QED) is 0.535. The van der Waals surface area contributed by atoms with Crippen molar-refractivity contribution in [2.75, 3.05) is 19.8 Å². The minimum absolute atomic E-state index is 0.391. The van der Waals surface area contributed by atoms with Crippen LogP contribution in [-0.2, 0) is 4.74 Å². The molecule has 0 spiro atoms. The van der Waals surface area contributed by atoms with Gasteiger partial charge in [0.1, 0.15) is 0 Å². The van der Waals surface area contributed by atoms with E-state index in [-0.39, 0.29) is 0 Å². The van der Waals surface area contributed by atoms with E-state index in [0.717, 1.165) is 12.8 Å². The summed E-state index contributed by atoms with van der Waals surface area (Å²) in [5, 5.41) is 11.0. The summed E-state index contributed by atoms with van der Waals surface area (Å²) < 4.78 is 5.18. The van der Waals surface area contributed by atoms with Crippen molar-refractivity contribution < 1.29 is 14.6 Å². The van der Waals surface area contributed by atoms with E-state index >= 15 is 0 Å². The van der Waals surface area contributed by atoms with Crippen LogP contribution < -0.4 is 11.1 Å². The van der Waals surface area contributed by atoms with E-state index in [4.69, 9.17) is 15.6 Å². The largest absolute Gasteiger partial charge is 0.465 e. The van der Waals surface area contributed by atoms with Crippen molar-refractivity contribution in [2.24, 2.45) is 5.73 Å². The molecule has 0 radical (unpaired) electrons. The Morgan fingerprint density at radius 2 is 2.14 bits per heavy atom. The van der Waals surface area contributed by atoms with Crippen molar-refractivity contribution in [1.29, 1.82) is 0 Å². The number of ether oxygens (including phenoxy) is 1. The number of nitrogens with two attached hydrogens (primary N) is 1. The number of carbonyl (C=O) groups is 1. The molecular formula is C9H20N2O3. The zero-order chi connectivity index (χ0) is 11.0. The molecule has 5 heteroatoms. The Kier molecular flexibility index (Phi) is 6.23. The first-order chi connectivity index (χ1) is 6.48. The monoisotopic (exact) mass is 204 g/mol.